The van der Waals surface area contributed by atoms with Crippen LogP contribution in [0, 0.1) is 0 Å². The van der Waals surface area contributed by atoms with Gasteiger partial charge in [-0.3, -0.25) is 0 Å². The number of ether oxygens (including phenoxy) is 3. The quantitative estimate of drug-likeness (QED) is 0.406. The van der Waals surface area contributed by atoms with Crippen molar-refractivity contribution in [3.8, 4) is 5.75 Å². The Kier molecular flexibility index (Phi) is 8.49. The van der Waals surface area contributed by atoms with Crippen molar-refractivity contribution in [2.45, 2.75) is 71.2 Å². The van der Waals surface area contributed by atoms with Gasteiger partial charge in [0, 0.05) is 13.3 Å². The smallest absolute Gasteiger partial charge is 0.279 e. The minimum absolute atomic E-state index is 0.334. The summed E-state index contributed by atoms with van der Waals surface area (Å²) in [6.07, 6.45) is -5.30. The van der Waals surface area contributed by atoms with Crippen molar-refractivity contribution in [1.82, 2.24) is 0 Å². The van der Waals surface area contributed by atoms with Gasteiger partial charge in [0.15, 0.2) is 0 Å². The van der Waals surface area contributed by atoms with Crippen LogP contribution in [-0.2, 0) is 15.9 Å². The van der Waals surface area contributed by atoms with Crippen LogP contribution in [0.4, 0.5) is 0 Å². The maximum absolute atomic E-state index is 10.5. The standard InChI is InChI=1S/C24H37N2O7/c1-5-12-26(6-2)15(4)18(13-16-8-10-17(11-9-16)31-7-3)23(25-26)33-24-22(30)21(29)20(28)19(14-27)32-24/h8-11,19-22,24,27-30H,5-7,12-14H2,1-4H3/q+1/t19-,20-,21+,22-,24+,26?/m1/s1. The normalized spacial score (nSPS) is 32.1. The molecule has 0 amide bonds. The van der Waals surface area contributed by atoms with Crippen LogP contribution in [0.15, 0.2) is 40.6 Å². The first kappa shape index (κ1) is 25.6. The van der Waals surface area contributed by atoms with Crippen molar-refractivity contribution >= 4 is 5.90 Å². The van der Waals surface area contributed by atoms with Crippen LogP contribution < -0.4 is 4.74 Å². The topological polar surface area (TPSA) is 121 Å². The summed E-state index contributed by atoms with van der Waals surface area (Å²) >= 11 is 0. The molecule has 33 heavy (non-hydrogen) atoms. The number of hydrogen-bond donors (Lipinski definition) is 4. The molecule has 0 aliphatic carbocycles. The maximum atomic E-state index is 10.5. The zero-order valence-electron chi connectivity index (χ0n) is 19.8. The second-order valence-electron chi connectivity index (χ2n) is 8.50. The van der Waals surface area contributed by atoms with Crippen LogP contribution in [0.5, 0.6) is 5.75 Å². The fourth-order valence-electron chi connectivity index (χ4n) is 4.42. The highest BCUT2D eigenvalue weighted by Gasteiger charge is 2.47. The van der Waals surface area contributed by atoms with Gasteiger partial charge in [0.2, 0.25) is 6.29 Å². The molecule has 2 aliphatic rings. The number of aliphatic hydroxyl groups is 4. The Morgan fingerprint density at radius 3 is 2.30 bits per heavy atom. The van der Waals surface area contributed by atoms with E-state index in [-0.39, 0.29) is 0 Å². The Hall–Kier alpha value is -2.01. The lowest BCUT2D eigenvalue weighted by atomic mass is 9.99. The van der Waals surface area contributed by atoms with Gasteiger partial charge in [-0.1, -0.05) is 19.1 Å². The van der Waals surface area contributed by atoms with Crippen molar-refractivity contribution in [1.29, 1.82) is 0 Å². The van der Waals surface area contributed by atoms with E-state index in [0.29, 0.717) is 23.5 Å². The number of benzene rings is 1. The van der Waals surface area contributed by atoms with E-state index >= 15 is 0 Å². The van der Waals surface area contributed by atoms with Gasteiger partial charge in [-0.25, -0.2) is 0 Å². The molecule has 0 saturated carbocycles. The van der Waals surface area contributed by atoms with Crippen molar-refractivity contribution in [3.63, 3.8) is 0 Å². The number of quaternary nitrogens is 1. The van der Waals surface area contributed by atoms with Crippen molar-refractivity contribution in [2.24, 2.45) is 5.10 Å². The Balaban J connectivity index is 1.90. The highest BCUT2D eigenvalue weighted by atomic mass is 16.7. The van der Waals surface area contributed by atoms with E-state index in [2.05, 4.69) is 13.8 Å². The average molecular weight is 466 g/mol. The van der Waals surface area contributed by atoms with Gasteiger partial charge < -0.3 is 34.6 Å². The number of aliphatic hydroxyl groups excluding tert-OH is 4. The molecule has 0 spiro atoms. The SMILES string of the molecule is CCC[N+]1(CC)N=C(O[C@@H]2O[C@H](CO)[C@@H](O)[C@H](O)[C@H]2O)C(Cc2ccc(OCC)cc2)=C1C. The number of rotatable bonds is 9. The van der Waals surface area contributed by atoms with Gasteiger partial charge in [-0.2, -0.15) is 4.59 Å². The molecule has 1 aromatic rings. The largest absolute Gasteiger partial charge is 0.494 e. The molecule has 1 aromatic carbocycles. The van der Waals surface area contributed by atoms with Crippen LogP contribution in [0.3, 0.4) is 0 Å². The third kappa shape index (κ3) is 5.24. The Bertz CT molecular complexity index is 855. The monoisotopic (exact) mass is 465 g/mol. The molecule has 9 heteroatoms. The Morgan fingerprint density at radius 1 is 1.03 bits per heavy atom. The maximum Gasteiger partial charge on any atom is 0.279 e. The van der Waals surface area contributed by atoms with Crippen LogP contribution >= 0.6 is 0 Å². The summed E-state index contributed by atoms with van der Waals surface area (Å²) in [6, 6.07) is 7.84. The van der Waals surface area contributed by atoms with Gasteiger partial charge in [0.1, 0.15) is 49.0 Å². The summed E-state index contributed by atoms with van der Waals surface area (Å²) in [5.74, 6) is 1.13. The van der Waals surface area contributed by atoms with Gasteiger partial charge in [-0.15, -0.1) is 0 Å². The molecule has 3 rings (SSSR count). The first-order valence-corrected chi connectivity index (χ1v) is 11.7. The molecule has 0 bridgehead atoms. The first-order chi connectivity index (χ1) is 15.8. The summed E-state index contributed by atoms with van der Waals surface area (Å²) in [6.45, 7) is 9.74. The molecule has 184 valence electrons. The summed E-state index contributed by atoms with van der Waals surface area (Å²) in [7, 11) is 0. The van der Waals surface area contributed by atoms with E-state index in [0.717, 1.165) is 42.1 Å². The average Bonchev–Trinajstić information content (AvgIpc) is 3.07. The van der Waals surface area contributed by atoms with Crippen molar-refractivity contribution in [3.05, 3.63) is 41.1 Å². The minimum Gasteiger partial charge on any atom is -0.494 e. The minimum atomic E-state index is -1.51. The van der Waals surface area contributed by atoms with Crippen LogP contribution in [-0.4, -0.2) is 87.9 Å². The predicted molar refractivity (Wildman–Crippen MR) is 122 cm³/mol. The fourth-order valence-corrected chi connectivity index (χ4v) is 4.42. The lowest BCUT2D eigenvalue weighted by molar-refractivity contribution is -0.895. The second kappa shape index (κ2) is 10.9. The van der Waals surface area contributed by atoms with Gasteiger partial charge >= 0.3 is 0 Å². The van der Waals surface area contributed by atoms with E-state index in [1.54, 1.807) is 0 Å². The highest BCUT2D eigenvalue weighted by molar-refractivity contribution is 5.95. The second-order valence-corrected chi connectivity index (χ2v) is 8.50. The Labute approximate surface area is 195 Å². The molecular formula is C24H37N2O7+. The summed E-state index contributed by atoms with van der Waals surface area (Å²) in [5.41, 5.74) is 2.98. The van der Waals surface area contributed by atoms with Gasteiger partial charge in [0.25, 0.3) is 5.90 Å². The molecule has 4 N–H and O–H groups in total. The molecule has 1 saturated heterocycles. The van der Waals surface area contributed by atoms with Crippen LogP contribution in [0.1, 0.15) is 39.7 Å². The zero-order chi connectivity index (χ0) is 24.2. The molecular weight excluding hydrogens is 428 g/mol. The van der Waals surface area contributed by atoms with Gasteiger partial charge in [-0.05, 0) is 43.1 Å². The van der Waals surface area contributed by atoms with E-state index < -0.39 is 37.3 Å². The molecule has 2 heterocycles. The summed E-state index contributed by atoms with van der Waals surface area (Å²) in [4.78, 5) is 0. The third-order valence-corrected chi connectivity index (χ3v) is 6.41. The number of nitrogens with zero attached hydrogens (tertiary/aromatic N) is 2. The lowest BCUT2D eigenvalue weighted by Gasteiger charge is -2.39. The number of allylic oxidation sites excluding steroid dienone is 1. The molecule has 2 aliphatic heterocycles. The van der Waals surface area contributed by atoms with E-state index in [1.807, 2.05) is 38.1 Å². The Morgan fingerprint density at radius 2 is 1.73 bits per heavy atom. The van der Waals surface area contributed by atoms with Gasteiger partial charge in [0.05, 0.1) is 18.8 Å². The van der Waals surface area contributed by atoms with Crippen molar-refractivity contribution in [2.75, 3.05) is 26.3 Å². The first-order valence-electron chi connectivity index (χ1n) is 11.7. The summed E-state index contributed by atoms with van der Waals surface area (Å²) in [5, 5.41) is 45.1. The van der Waals surface area contributed by atoms with Crippen molar-refractivity contribution < 1.29 is 39.2 Å². The highest BCUT2D eigenvalue weighted by Crippen LogP contribution is 2.34. The molecule has 0 aromatic heterocycles. The summed E-state index contributed by atoms with van der Waals surface area (Å²) < 4.78 is 17.5. The van der Waals surface area contributed by atoms with Crippen LogP contribution in [0.2, 0.25) is 0 Å². The lowest BCUT2D eigenvalue weighted by Crippen LogP contribution is -2.59. The predicted octanol–water partition coefficient (Wildman–Crippen LogP) is 1.29. The van der Waals surface area contributed by atoms with E-state index in [9.17, 15) is 20.4 Å². The molecule has 9 nitrogen and oxygen atoms in total. The molecule has 1 unspecified atom stereocenters. The fraction of sp³-hybridized carbons (Fsp3) is 0.625. The van der Waals surface area contributed by atoms with E-state index in [4.69, 9.17) is 19.3 Å². The van der Waals surface area contributed by atoms with E-state index in [1.165, 1.54) is 0 Å². The zero-order valence-corrected chi connectivity index (χ0v) is 19.8. The molecule has 1 fully saturated rings. The molecule has 6 atom stereocenters. The van der Waals surface area contributed by atoms with Crippen LogP contribution in [0.25, 0.3) is 0 Å². The molecule has 0 radical (unpaired) electrons. The third-order valence-electron chi connectivity index (χ3n) is 6.41. The number of hydrogen-bond acceptors (Lipinski definition) is 8.